The molecule has 7 nitrogen and oxygen atoms in total. The van der Waals surface area contributed by atoms with Gasteiger partial charge in [0.15, 0.2) is 10.3 Å². The van der Waals surface area contributed by atoms with Crippen LogP contribution in [0.25, 0.3) is 0 Å². The van der Waals surface area contributed by atoms with E-state index in [0.29, 0.717) is 34.2 Å². The Morgan fingerprint density at radius 2 is 1.96 bits per heavy atom. The van der Waals surface area contributed by atoms with E-state index in [1.807, 2.05) is 11.4 Å². The molecule has 2 rings (SSSR count). The number of thiazole rings is 1. The maximum Gasteiger partial charge on any atom is 0.274 e. The van der Waals surface area contributed by atoms with Gasteiger partial charge >= 0.3 is 0 Å². The number of nitro groups is 1. The normalized spacial score (nSPS) is 11.4. The minimum atomic E-state index is -0.472. The summed E-state index contributed by atoms with van der Waals surface area (Å²) in [6.07, 6.45) is 2.66. The minimum Gasteiger partial charge on any atom is -0.366 e. The van der Waals surface area contributed by atoms with Crippen LogP contribution in [-0.4, -0.2) is 39.5 Å². The average molecular weight is 480 g/mol. The van der Waals surface area contributed by atoms with Crippen molar-refractivity contribution < 1.29 is 4.92 Å². The first-order valence-corrected chi connectivity index (χ1v) is 12.2. The van der Waals surface area contributed by atoms with Crippen molar-refractivity contribution in [2.24, 2.45) is 0 Å². The first-order valence-electron chi connectivity index (χ1n) is 8.22. The lowest BCUT2D eigenvalue weighted by Gasteiger charge is -2.11. The molecular formula is C16H19Cl2N5O2S3. The van der Waals surface area contributed by atoms with Gasteiger partial charge in [-0.25, -0.2) is 4.98 Å². The van der Waals surface area contributed by atoms with E-state index >= 15 is 0 Å². The Kier molecular flexibility index (Phi) is 10.8. The van der Waals surface area contributed by atoms with Crippen molar-refractivity contribution >= 4 is 58.1 Å². The Morgan fingerprint density at radius 3 is 2.57 bits per heavy atom. The molecule has 2 aromatic rings. The molecule has 0 bridgehead atoms. The molecule has 2 heterocycles. The monoisotopic (exact) mass is 479 g/mol. The minimum absolute atomic E-state index is 0.402. The van der Waals surface area contributed by atoms with E-state index in [2.05, 4.69) is 20.6 Å². The first kappa shape index (κ1) is 23.1. The van der Waals surface area contributed by atoms with E-state index in [4.69, 9.17) is 23.2 Å². The van der Waals surface area contributed by atoms with Crippen LogP contribution in [0.4, 0.5) is 0 Å². The quantitative estimate of drug-likeness (QED) is 0.250. The Labute approximate surface area is 185 Å². The number of halogens is 2. The molecule has 2 aromatic heterocycles. The third-order valence-electron chi connectivity index (χ3n) is 3.21. The van der Waals surface area contributed by atoms with Crippen molar-refractivity contribution in [3.63, 3.8) is 0 Å². The van der Waals surface area contributed by atoms with Gasteiger partial charge in [0.2, 0.25) is 0 Å². The molecule has 0 aliphatic carbocycles. The second-order valence-electron chi connectivity index (χ2n) is 5.31. The van der Waals surface area contributed by atoms with E-state index in [-0.39, 0.29) is 0 Å². The summed E-state index contributed by atoms with van der Waals surface area (Å²) >= 11 is 16.6. The molecule has 28 heavy (non-hydrogen) atoms. The molecule has 0 fully saturated rings. The molecule has 0 atom stereocenters. The van der Waals surface area contributed by atoms with Crippen LogP contribution >= 0.6 is 58.1 Å². The van der Waals surface area contributed by atoms with Crippen LogP contribution in [0.3, 0.4) is 0 Å². The predicted octanol–water partition coefficient (Wildman–Crippen LogP) is 4.27. The van der Waals surface area contributed by atoms with Crippen LogP contribution < -0.4 is 10.6 Å². The summed E-state index contributed by atoms with van der Waals surface area (Å²) in [7, 11) is 0. The summed E-state index contributed by atoms with van der Waals surface area (Å²) in [4.78, 5) is 18.7. The zero-order chi connectivity index (χ0) is 20.2. The highest BCUT2D eigenvalue weighted by atomic mass is 35.5. The molecule has 12 heteroatoms. The average Bonchev–Trinajstić information content (AvgIpc) is 3.07. The van der Waals surface area contributed by atoms with E-state index in [1.165, 1.54) is 11.3 Å². The van der Waals surface area contributed by atoms with E-state index in [9.17, 15) is 10.1 Å². The van der Waals surface area contributed by atoms with Gasteiger partial charge in [-0.1, -0.05) is 23.2 Å². The molecule has 0 aromatic carbocycles. The smallest absolute Gasteiger partial charge is 0.274 e. The number of aromatic nitrogens is 2. The number of pyridine rings is 1. The lowest BCUT2D eigenvalue weighted by Crippen LogP contribution is -2.30. The molecule has 152 valence electrons. The zero-order valence-corrected chi connectivity index (χ0v) is 18.7. The highest BCUT2D eigenvalue weighted by Crippen LogP contribution is 2.19. The Hall–Kier alpha value is -1.20. The van der Waals surface area contributed by atoms with Gasteiger partial charge in [0.1, 0.15) is 0 Å². The molecule has 0 aliphatic heterocycles. The summed E-state index contributed by atoms with van der Waals surface area (Å²) in [5.41, 5.74) is 1.79. The molecule has 0 saturated heterocycles. The standard InChI is InChI=1S/C16H19Cl2N5O2S3/c17-13-2-1-3-19-14(13)11-27-7-5-21-15(8-23(24)25)20-4-6-26-9-12-10-28-16(18)22-12/h1-3,8,10,20-21H,4-7,9,11H2/b15-8+. The van der Waals surface area contributed by atoms with Crippen LogP contribution in [0.5, 0.6) is 0 Å². The highest BCUT2D eigenvalue weighted by molar-refractivity contribution is 7.98. The van der Waals surface area contributed by atoms with Gasteiger partial charge in [-0.05, 0) is 12.1 Å². The van der Waals surface area contributed by atoms with Gasteiger partial charge in [0.25, 0.3) is 6.20 Å². The number of nitrogens with zero attached hydrogens (tertiary/aromatic N) is 3. The van der Waals surface area contributed by atoms with E-state index < -0.39 is 4.92 Å². The first-order chi connectivity index (χ1) is 13.5. The third-order valence-corrected chi connectivity index (χ3v) is 6.54. The predicted molar refractivity (Wildman–Crippen MR) is 120 cm³/mol. The van der Waals surface area contributed by atoms with Gasteiger partial charge < -0.3 is 10.6 Å². The van der Waals surface area contributed by atoms with Crippen molar-refractivity contribution in [2.75, 3.05) is 24.6 Å². The molecule has 0 saturated carbocycles. The SMILES string of the molecule is O=[N+]([O-])/C=C(\NCCSCc1csc(Cl)n1)NCCSCc1ncccc1Cl. The zero-order valence-electron chi connectivity index (χ0n) is 14.8. The van der Waals surface area contributed by atoms with Crippen molar-refractivity contribution in [1.29, 1.82) is 0 Å². The van der Waals surface area contributed by atoms with Crippen LogP contribution in [0, 0.1) is 10.1 Å². The van der Waals surface area contributed by atoms with Crippen LogP contribution in [0.2, 0.25) is 9.49 Å². The molecule has 0 spiro atoms. The van der Waals surface area contributed by atoms with Gasteiger partial charge in [0, 0.05) is 47.7 Å². The number of rotatable bonds is 13. The molecular weight excluding hydrogens is 461 g/mol. The Balaban J connectivity index is 1.62. The van der Waals surface area contributed by atoms with E-state index in [1.54, 1.807) is 35.8 Å². The van der Waals surface area contributed by atoms with Crippen LogP contribution in [-0.2, 0) is 11.5 Å². The van der Waals surface area contributed by atoms with Gasteiger partial charge in [-0.15, -0.1) is 11.3 Å². The maximum atomic E-state index is 10.8. The van der Waals surface area contributed by atoms with Gasteiger partial charge in [-0.2, -0.15) is 23.5 Å². The van der Waals surface area contributed by atoms with Gasteiger partial charge in [0.05, 0.1) is 21.3 Å². The fourth-order valence-electron chi connectivity index (χ4n) is 1.99. The maximum absolute atomic E-state index is 10.8. The summed E-state index contributed by atoms with van der Waals surface area (Å²) in [5, 5.41) is 19.5. The molecule has 0 radical (unpaired) electrons. The molecule has 2 N–H and O–H groups in total. The summed E-state index contributed by atoms with van der Waals surface area (Å²) in [6, 6.07) is 3.61. The topological polar surface area (TPSA) is 93.0 Å². The van der Waals surface area contributed by atoms with Gasteiger partial charge in [-0.3, -0.25) is 15.1 Å². The van der Waals surface area contributed by atoms with Crippen LogP contribution in [0.15, 0.2) is 35.7 Å². The van der Waals surface area contributed by atoms with Crippen molar-refractivity contribution in [2.45, 2.75) is 11.5 Å². The van der Waals surface area contributed by atoms with Crippen LogP contribution in [0.1, 0.15) is 11.4 Å². The number of nitrogens with one attached hydrogen (secondary N) is 2. The largest absolute Gasteiger partial charge is 0.366 e. The van der Waals surface area contributed by atoms with Crippen molar-refractivity contribution in [1.82, 2.24) is 20.6 Å². The number of hydrogen-bond acceptors (Lipinski definition) is 9. The lowest BCUT2D eigenvalue weighted by molar-refractivity contribution is -0.404. The lowest BCUT2D eigenvalue weighted by atomic mass is 10.4. The summed E-state index contributed by atoms with van der Waals surface area (Å²) in [5.74, 6) is 3.42. The fraction of sp³-hybridized carbons (Fsp3) is 0.375. The molecule has 0 unspecified atom stereocenters. The van der Waals surface area contributed by atoms with Crippen molar-refractivity contribution in [3.8, 4) is 0 Å². The molecule has 0 amide bonds. The second kappa shape index (κ2) is 13.1. The Bertz CT molecular complexity index is 791. The summed E-state index contributed by atoms with van der Waals surface area (Å²) < 4.78 is 0.539. The second-order valence-corrected chi connectivity index (χ2v) is 9.37. The summed E-state index contributed by atoms with van der Waals surface area (Å²) in [6.45, 7) is 1.19. The number of hydrogen-bond donors (Lipinski definition) is 2. The number of thioether (sulfide) groups is 2. The van der Waals surface area contributed by atoms with E-state index in [0.717, 1.165) is 34.8 Å². The Morgan fingerprint density at radius 1 is 1.25 bits per heavy atom. The van der Waals surface area contributed by atoms with Crippen molar-refractivity contribution in [3.05, 3.63) is 66.7 Å². The third kappa shape index (κ3) is 9.33. The highest BCUT2D eigenvalue weighted by Gasteiger charge is 2.04. The molecule has 0 aliphatic rings. The fourth-order valence-corrected chi connectivity index (χ4v) is 4.71.